The monoisotopic (exact) mass is 266 g/mol. The maximum absolute atomic E-state index is 10.6. The van der Waals surface area contributed by atoms with Crippen LogP contribution in [-0.2, 0) is 4.79 Å². The van der Waals surface area contributed by atoms with Gasteiger partial charge in [0.25, 0.3) is 0 Å². The van der Waals surface area contributed by atoms with Crippen molar-refractivity contribution in [3.05, 3.63) is 29.8 Å². The minimum atomic E-state index is -1.83. The fraction of sp³-hybridized carbons (Fsp3) is 0.100. The summed E-state index contributed by atoms with van der Waals surface area (Å²) in [5.41, 5.74) is -0.0160. The number of carboxylic acid groups (broad SMARTS) is 3. The molecule has 0 aliphatic carbocycles. The van der Waals surface area contributed by atoms with Crippen LogP contribution in [0.3, 0.4) is 0 Å². The van der Waals surface area contributed by atoms with Gasteiger partial charge >= 0.3 is 47.7 Å². The Bertz CT molecular complexity index is 426. The van der Waals surface area contributed by atoms with Crippen molar-refractivity contribution in [1.29, 1.82) is 0 Å². The van der Waals surface area contributed by atoms with E-state index < -0.39 is 18.1 Å². The Balaban J connectivity index is 0. The molecule has 0 amide bonds. The Kier molecular flexibility index (Phi) is 9.87. The topological polar surface area (TPSA) is 121 Å². The molecule has 0 radical (unpaired) electrons. The van der Waals surface area contributed by atoms with Crippen molar-refractivity contribution in [2.24, 2.45) is 0 Å². The standard InChI is InChI=1S/C9H8O4.CH2O3.Na.H/c1-6(10)13-8-5-3-2-4-7(8)9(11)12;2-1(3)4;;/h2-5H,1H3,(H,11,12);(H2,2,3,4);;. The van der Waals surface area contributed by atoms with Crippen molar-refractivity contribution in [3.8, 4) is 5.75 Å². The number of hydrogen-bond acceptors (Lipinski definition) is 4. The van der Waals surface area contributed by atoms with Gasteiger partial charge in [-0.25, -0.2) is 9.59 Å². The molecule has 0 aromatic heterocycles. The SMILES string of the molecule is CC(=O)Oc1ccccc1C(=O)O.O=C(O)O.[NaH]. The first-order chi connectivity index (χ1) is 7.84. The third-order valence-corrected chi connectivity index (χ3v) is 1.37. The molecule has 0 unspecified atom stereocenters. The predicted octanol–water partition coefficient (Wildman–Crippen LogP) is 0.884. The van der Waals surface area contributed by atoms with E-state index >= 15 is 0 Å². The molecular weight excluding hydrogens is 255 g/mol. The Morgan fingerprint density at radius 3 is 1.89 bits per heavy atom. The molecule has 0 fully saturated rings. The molecule has 0 aliphatic heterocycles. The molecule has 8 heteroatoms. The van der Waals surface area contributed by atoms with Gasteiger partial charge in [0.2, 0.25) is 0 Å². The average molecular weight is 266 g/mol. The summed E-state index contributed by atoms with van der Waals surface area (Å²) in [5.74, 6) is -1.58. The summed E-state index contributed by atoms with van der Waals surface area (Å²) < 4.78 is 4.69. The van der Waals surface area contributed by atoms with Gasteiger partial charge in [0.05, 0.1) is 0 Å². The third kappa shape index (κ3) is 8.57. The molecule has 1 rings (SSSR count). The molecule has 0 heterocycles. The average Bonchev–Trinajstić information content (AvgIpc) is 2.16. The van der Waals surface area contributed by atoms with Crippen LogP contribution in [0.2, 0.25) is 0 Å². The summed E-state index contributed by atoms with van der Waals surface area (Å²) in [7, 11) is 0. The molecule has 94 valence electrons. The van der Waals surface area contributed by atoms with Gasteiger partial charge in [-0.1, -0.05) is 12.1 Å². The number of aromatic carboxylic acids is 1. The third-order valence-electron chi connectivity index (χ3n) is 1.37. The maximum atomic E-state index is 10.6. The van der Waals surface area contributed by atoms with E-state index in [-0.39, 0.29) is 40.9 Å². The zero-order valence-electron chi connectivity index (χ0n) is 8.78. The van der Waals surface area contributed by atoms with E-state index in [1.165, 1.54) is 19.1 Å². The summed E-state index contributed by atoms with van der Waals surface area (Å²) in [6.45, 7) is 1.22. The van der Waals surface area contributed by atoms with Crippen LogP contribution in [0.25, 0.3) is 0 Å². The van der Waals surface area contributed by atoms with Crippen molar-refractivity contribution in [1.82, 2.24) is 0 Å². The summed E-state index contributed by atoms with van der Waals surface area (Å²) >= 11 is 0. The molecular formula is C10H11NaO7. The quantitative estimate of drug-likeness (QED) is 0.412. The normalized spacial score (nSPS) is 8.06. The Morgan fingerprint density at radius 2 is 1.50 bits per heavy atom. The molecule has 0 atom stereocenters. The molecule has 0 spiro atoms. The number of hydrogen-bond donors (Lipinski definition) is 3. The summed E-state index contributed by atoms with van der Waals surface area (Å²) in [5, 5.41) is 22.6. The molecule has 18 heavy (non-hydrogen) atoms. The van der Waals surface area contributed by atoms with Gasteiger partial charge < -0.3 is 20.1 Å². The van der Waals surface area contributed by atoms with E-state index in [4.69, 9.17) is 20.1 Å². The number of esters is 1. The molecule has 3 N–H and O–H groups in total. The Hall–Kier alpha value is -1.57. The van der Waals surface area contributed by atoms with E-state index in [1.807, 2.05) is 0 Å². The van der Waals surface area contributed by atoms with Gasteiger partial charge in [0, 0.05) is 6.92 Å². The summed E-state index contributed by atoms with van der Waals surface area (Å²) in [4.78, 5) is 29.7. The van der Waals surface area contributed by atoms with Gasteiger partial charge in [-0.15, -0.1) is 0 Å². The van der Waals surface area contributed by atoms with Crippen LogP contribution in [-0.4, -0.2) is 63.0 Å². The van der Waals surface area contributed by atoms with Gasteiger partial charge in [0.15, 0.2) is 0 Å². The number of carbonyl (C=O) groups is 3. The van der Waals surface area contributed by atoms with E-state index in [1.54, 1.807) is 12.1 Å². The molecule has 0 aliphatic rings. The zero-order chi connectivity index (χ0) is 13.4. The Morgan fingerprint density at radius 1 is 1.06 bits per heavy atom. The fourth-order valence-corrected chi connectivity index (χ4v) is 0.887. The predicted molar refractivity (Wildman–Crippen MR) is 62.5 cm³/mol. The van der Waals surface area contributed by atoms with Crippen molar-refractivity contribution in [3.63, 3.8) is 0 Å². The van der Waals surface area contributed by atoms with Crippen molar-refractivity contribution < 1.29 is 34.4 Å². The number of rotatable bonds is 2. The number of carboxylic acids is 1. The molecule has 0 saturated carbocycles. The second-order valence-corrected chi connectivity index (χ2v) is 2.68. The number of benzene rings is 1. The first-order valence-corrected chi connectivity index (χ1v) is 4.27. The number of ether oxygens (including phenoxy) is 1. The molecule has 1 aromatic carbocycles. The molecule has 1 aromatic rings. The van der Waals surface area contributed by atoms with Crippen LogP contribution in [0.5, 0.6) is 5.75 Å². The van der Waals surface area contributed by atoms with E-state index in [2.05, 4.69) is 4.74 Å². The number of carbonyl (C=O) groups excluding carboxylic acids is 1. The van der Waals surface area contributed by atoms with E-state index in [0.29, 0.717) is 0 Å². The van der Waals surface area contributed by atoms with E-state index in [9.17, 15) is 9.59 Å². The van der Waals surface area contributed by atoms with Crippen LogP contribution in [0.1, 0.15) is 17.3 Å². The second kappa shape index (κ2) is 9.46. The fourth-order valence-electron chi connectivity index (χ4n) is 0.887. The van der Waals surface area contributed by atoms with Gasteiger partial charge in [-0.2, -0.15) is 0 Å². The van der Waals surface area contributed by atoms with Crippen LogP contribution < -0.4 is 4.74 Å². The minimum absolute atomic E-state index is 0. The van der Waals surface area contributed by atoms with Crippen LogP contribution in [0, 0.1) is 0 Å². The molecule has 0 saturated heterocycles. The molecule has 0 bridgehead atoms. The first-order valence-electron chi connectivity index (χ1n) is 4.27. The summed E-state index contributed by atoms with van der Waals surface area (Å²) in [6.07, 6.45) is -1.83. The van der Waals surface area contributed by atoms with Crippen molar-refractivity contribution in [2.45, 2.75) is 6.92 Å². The van der Waals surface area contributed by atoms with Crippen LogP contribution in [0.4, 0.5) is 4.79 Å². The van der Waals surface area contributed by atoms with Gasteiger partial charge in [0.1, 0.15) is 11.3 Å². The second-order valence-electron chi connectivity index (χ2n) is 2.68. The Labute approximate surface area is 124 Å². The number of para-hydroxylation sites is 1. The first kappa shape index (κ1) is 18.8. The van der Waals surface area contributed by atoms with Crippen LogP contribution >= 0.6 is 0 Å². The van der Waals surface area contributed by atoms with Crippen molar-refractivity contribution in [2.75, 3.05) is 0 Å². The summed E-state index contributed by atoms with van der Waals surface area (Å²) in [6, 6.07) is 5.98. The van der Waals surface area contributed by atoms with E-state index in [0.717, 1.165) is 0 Å². The molecule has 7 nitrogen and oxygen atoms in total. The zero-order valence-corrected chi connectivity index (χ0v) is 8.78. The van der Waals surface area contributed by atoms with Crippen LogP contribution in [0.15, 0.2) is 24.3 Å². The van der Waals surface area contributed by atoms with Gasteiger partial charge in [-0.3, -0.25) is 4.79 Å². The van der Waals surface area contributed by atoms with Crippen molar-refractivity contribution >= 4 is 47.7 Å². The van der Waals surface area contributed by atoms with Gasteiger partial charge in [-0.05, 0) is 12.1 Å².